The van der Waals surface area contributed by atoms with Crippen molar-refractivity contribution in [2.45, 2.75) is 19.8 Å². The molecular formula is C14H14N2O2. The molecule has 1 unspecified atom stereocenters. The van der Waals surface area contributed by atoms with Gasteiger partial charge in [-0.25, -0.2) is 0 Å². The summed E-state index contributed by atoms with van der Waals surface area (Å²) in [5.41, 5.74) is 7.23. The number of anilines is 1. The molecule has 92 valence electrons. The van der Waals surface area contributed by atoms with Gasteiger partial charge in [0.15, 0.2) is 17.5 Å². The molecule has 4 heteroatoms. The second kappa shape index (κ2) is 4.61. The van der Waals surface area contributed by atoms with Gasteiger partial charge in [-0.1, -0.05) is 12.1 Å². The highest BCUT2D eigenvalue weighted by Crippen LogP contribution is 2.33. The van der Waals surface area contributed by atoms with Crippen LogP contribution in [0.1, 0.15) is 28.8 Å². The highest BCUT2D eigenvalue weighted by atomic mass is 16.2. The van der Waals surface area contributed by atoms with Crippen LogP contribution in [0.15, 0.2) is 18.2 Å². The fraction of sp³-hybridized carbons (Fsp3) is 0.357. The van der Waals surface area contributed by atoms with Gasteiger partial charge in [-0.05, 0) is 31.4 Å². The van der Waals surface area contributed by atoms with Gasteiger partial charge < -0.3 is 5.73 Å². The molecule has 18 heavy (non-hydrogen) atoms. The molecule has 0 bridgehead atoms. The summed E-state index contributed by atoms with van der Waals surface area (Å²) in [6.07, 6.45) is 1.58. The van der Waals surface area contributed by atoms with Crippen LogP contribution in [-0.2, 0) is 4.79 Å². The van der Waals surface area contributed by atoms with Crippen LogP contribution in [-0.4, -0.2) is 11.6 Å². The predicted octanol–water partition coefficient (Wildman–Crippen LogP) is 1.88. The number of hydrogen-bond donors (Lipinski definition) is 1. The topological polar surface area (TPSA) is 83.9 Å². The number of nitrogens with two attached hydrogens (primary N) is 1. The molecule has 1 atom stereocenters. The number of nitriles is 1. The van der Waals surface area contributed by atoms with E-state index in [1.165, 1.54) is 0 Å². The monoisotopic (exact) mass is 242 g/mol. The number of nitrogen functional groups attached to an aromatic ring is 1. The Morgan fingerprint density at radius 2 is 2.11 bits per heavy atom. The van der Waals surface area contributed by atoms with Crippen LogP contribution in [0.2, 0.25) is 0 Å². The summed E-state index contributed by atoms with van der Waals surface area (Å²) >= 11 is 0. The normalized spacial score (nSPS) is 15.8. The molecule has 1 aromatic carbocycles. The number of ketones is 2. The van der Waals surface area contributed by atoms with Crippen LogP contribution in [0.5, 0.6) is 0 Å². The zero-order valence-corrected chi connectivity index (χ0v) is 10.1. The zero-order chi connectivity index (χ0) is 13.3. The van der Waals surface area contributed by atoms with E-state index in [-0.39, 0.29) is 11.7 Å². The van der Waals surface area contributed by atoms with Gasteiger partial charge in [0.25, 0.3) is 0 Å². The van der Waals surface area contributed by atoms with E-state index in [4.69, 9.17) is 11.0 Å². The Kier molecular flexibility index (Phi) is 3.15. The Balaban J connectivity index is 2.32. The number of rotatable bonds is 4. The summed E-state index contributed by atoms with van der Waals surface area (Å²) < 4.78 is 0. The van der Waals surface area contributed by atoms with Gasteiger partial charge >= 0.3 is 0 Å². The molecule has 2 rings (SSSR count). The van der Waals surface area contributed by atoms with Crippen LogP contribution in [0.4, 0.5) is 5.69 Å². The van der Waals surface area contributed by atoms with Crippen molar-refractivity contribution < 1.29 is 9.59 Å². The highest BCUT2D eigenvalue weighted by molar-refractivity contribution is 6.14. The molecule has 1 fully saturated rings. The van der Waals surface area contributed by atoms with Crippen molar-refractivity contribution in [3.63, 3.8) is 0 Å². The number of hydrogen-bond acceptors (Lipinski definition) is 4. The zero-order valence-electron chi connectivity index (χ0n) is 10.1. The number of Topliss-reactive ketones (excluding diaryl/α,β-unsaturated/α-hetero) is 2. The molecule has 1 aromatic rings. The first kappa shape index (κ1) is 12.3. The fourth-order valence-corrected chi connectivity index (χ4v) is 1.93. The number of carbonyl (C=O) groups excluding carboxylic acids is 2. The average Bonchev–Trinajstić information content (AvgIpc) is 3.17. The maximum Gasteiger partial charge on any atom is 0.187 e. The van der Waals surface area contributed by atoms with E-state index >= 15 is 0 Å². The van der Waals surface area contributed by atoms with Gasteiger partial charge in [0.1, 0.15) is 0 Å². The van der Waals surface area contributed by atoms with E-state index in [1.54, 1.807) is 25.1 Å². The van der Waals surface area contributed by atoms with E-state index < -0.39 is 11.7 Å². The lowest BCUT2D eigenvalue weighted by atomic mass is 9.90. The first-order chi connectivity index (χ1) is 8.56. The van der Waals surface area contributed by atoms with Crippen molar-refractivity contribution in [3.8, 4) is 6.07 Å². The minimum absolute atomic E-state index is 0.0973. The Morgan fingerprint density at radius 1 is 1.44 bits per heavy atom. The van der Waals surface area contributed by atoms with Crippen molar-refractivity contribution in [2.24, 2.45) is 11.8 Å². The summed E-state index contributed by atoms with van der Waals surface area (Å²) in [5.74, 6) is -1.96. The van der Waals surface area contributed by atoms with Crippen molar-refractivity contribution in [1.82, 2.24) is 0 Å². The summed E-state index contributed by atoms with van der Waals surface area (Å²) in [6, 6.07) is 6.79. The van der Waals surface area contributed by atoms with Crippen molar-refractivity contribution in [2.75, 3.05) is 5.73 Å². The Labute approximate surface area is 105 Å². The standard InChI is InChI=1S/C14H14N2O2/c1-8-10(3-2-4-12(8)16)14(18)11(7-15)13(17)9-5-6-9/h2-4,9,11H,5-6,16H2,1H3. The van der Waals surface area contributed by atoms with E-state index in [9.17, 15) is 9.59 Å². The molecule has 1 aliphatic carbocycles. The third-order valence-corrected chi connectivity index (χ3v) is 3.30. The smallest absolute Gasteiger partial charge is 0.187 e. The van der Waals surface area contributed by atoms with Gasteiger partial charge in [0, 0.05) is 17.2 Å². The molecule has 2 N–H and O–H groups in total. The SMILES string of the molecule is Cc1c(N)cccc1C(=O)C(C#N)C(=O)C1CC1. The van der Waals surface area contributed by atoms with Crippen molar-refractivity contribution in [3.05, 3.63) is 29.3 Å². The lowest BCUT2D eigenvalue weighted by molar-refractivity contribution is -0.121. The molecule has 0 radical (unpaired) electrons. The summed E-state index contributed by atoms with van der Waals surface area (Å²) in [4.78, 5) is 24.1. The maximum absolute atomic E-state index is 12.2. The van der Waals surface area contributed by atoms with Crippen LogP contribution in [0, 0.1) is 30.1 Å². The number of benzene rings is 1. The van der Waals surface area contributed by atoms with Crippen LogP contribution in [0.3, 0.4) is 0 Å². The first-order valence-corrected chi connectivity index (χ1v) is 5.89. The fourth-order valence-electron chi connectivity index (χ4n) is 1.93. The molecule has 0 spiro atoms. The van der Waals surface area contributed by atoms with Gasteiger partial charge in [0.05, 0.1) is 6.07 Å². The van der Waals surface area contributed by atoms with Gasteiger partial charge in [-0.3, -0.25) is 9.59 Å². The van der Waals surface area contributed by atoms with E-state index in [1.807, 2.05) is 6.07 Å². The van der Waals surface area contributed by atoms with Crippen LogP contribution < -0.4 is 5.73 Å². The number of nitrogens with zero attached hydrogens (tertiary/aromatic N) is 1. The summed E-state index contributed by atoms with van der Waals surface area (Å²) in [5, 5.41) is 9.04. The molecule has 1 saturated carbocycles. The molecule has 0 amide bonds. The molecule has 1 aliphatic rings. The summed E-state index contributed by atoms with van der Waals surface area (Å²) in [7, 11) is 0. The highest BCUT2D eigenvalue weighted by Gasteiger charge is 2.39. The van der Waals surface area contributed by atoms with Crippen LogP contribution >= 0.6 is 0 Å². The van der Waals surface area contributed by atoms with Crippen molar-refractivity contribution in [1.29, 1.82) is 5.26 Å². The minimum atomic E-state index is -1.18. The Hall–Kier alpha value is -2.15. The quantitative estimate of drug-likeness (QED) is 0.496. The third-order valence-electron chi connectivity index (χ3n) is 3.30. The van der Waals surface area contributed by atoms with Crippen LogP contribution in [0.25, 0.3) is 0 Å². The molecule has 0 aliphatic heterocycles. The van der Waals surface area contributed by atoms with Gasteiger partial charge in [-0.2, -0.15) is 5.26 Å². The van der Waals surface area contributed by atoms with E-state index in [2.05, 4.69) is 0 Å². The van der Waals surface area contributed by atoms with E-state index in [0.717, 1.165) is 12.8 Å². The maximum atomic E-state index is 12.2. The predicted molar refractivity (Wildman–Crippen MR) is 66.8 cm³/mol. The molecule has 0 aromatic heterocycles. The average molecular weight is 242 g/mol. The molecular weight excluding hydrogens is 228 g/mol. The lowest BCUT2D eigenvalue weighted by Crippen LogP contribution is -2.25. The van der Waals surface area contributed by atoms with E-state index in [0.29, 0.717) is 16.8 Å². The Morgan fingerprint density at radius 3 is 2.67 bits per heavy atom. The second-order valence-electron chi connectivity index (χ2n) is 4.62. The minimum Gasteiger partial charge on any atom is -0.398 e. The van der Waals surface area contributed by atoms with Crippen molar-refractivity contribution >= 4 is 17.3 Å². The molecule has 0 saturated heterocycles. The third kappa shape index (κ3) is 2.12. The van der Waals surface area contributed by atoms with Gasteiger partial charge in [-0.15, -0.1) is 0 Å². The first-order valence-electron chi connectivity index (χ1n) is 5.89. The second-order valence-corrected chi connectivity index (χ2v) is 4.62. The molecule has 4 nitrogen and oxygen atoms in total. The largest absolute Gasteiger partial charge is 0.398 e. The van der Waals surface area contributed by atoms with Gasteiger partial charge in [0.2, 0.25) is 0 Å². The number of carbonyl (C=O) groups is 2. The lowest BCUT2D eigenvalue weighted by Gasteiger charge is -2.10. The Bertz CT molecular complexity index is 553. The summed E-state index contributed by atoms with van der Waals surface area (Å²) in [6.45, 7) is 1.72. The molecule has 0 heterocycles.